The topological polar surface area (TPSA) is 88.1 Å². The summed E-state index contributed by atoms with van der Waals surface area (Å²) in [5.41, 5.74) is 4.84. The molecule has 168 valence electrons. The molecule has 0 fully saturated rings. The van der Waals surface area contributed by atoms with Gasteiger partial charge in [-0.05, 0) is 62.6 Å². The van der Waals surface area contributed by atoms with E-state index >= 15 is 0 Å². The first-order chi connectivity index (χ1) is 15.3. The van der Waals surface area contributed by atoms with Crippen molar-refractivity contribution >= 4 is 23.3 Å². The van der Waals surface area contributed by atoms with E-state index in [-0.39, 0.29) is 23.9 Å². The molecule has 0 aliphatic heterocycles. The van der Waals surface area contributed by atoms with Gasteiger partial charge in [-0.1, -0.05) is 38.5 Å². The summed E-state index contributed by atoms with van der Waals surface area (Å²) in [5.74, 6) is 0.0258. The van der Waals surface area contributed by atoms with Crippen molar-refractivity contribution in [1.82, 2.24) is 15.1 Å². The van der Waals surface area contributed by atoms with Gasteiger partial charge >= 0.3 is 6.03 Å². The molecule has 0 bridgehead atoms. The molecule has 3 rings (SSSR count). The third-order valence-electron chi connectivity index (χ3n) is 5.27. The smallest absolute Gasteiger partial charge is 0.323 e. The predicted octanol–water partition coefficient (Wildman–Crippen LogP) is 5.48. The first kappa shape index (κ1) is 23.1. The number of anilines is 2. The molecule has 32 heavy (non-hydrogen) atoms. The van der Waals surface area contributed by atoms with Gasteiger partial charge in [0.2, 0.25) is 0 Å². The zero-order valence-corrected chi connectivity index (χ0v) is 19.3. The van der Waals surface area contributed by atoms with E-state index in [9.17, 15) is 9.59 Å². The highest BCUT2D eigenvalue weighted by Crippen LogP contribution is 2.27. The van der Waals surface area contributed by atoms with Crippen molar-refractivity contribution in [2.75, 3.05) is 10.6 Å². The first-order valence-electron chi connectivity index (χ1n) is 10.9. The van der Waals surface area contributed by atoms with Gasteiger partial charge in [-0.2, -0.15) is 5.10 Å². The fraction of sp³-hybridized carbons (Fsp3) is 0.320. The summed E-state index contributed by atoms with van der Waals surface area (Å²) in [7, 11) is 0. The van der Waals surface area contributed by atoms with Crippen molar-refractivity contribution in [3.8, 4) is 5.69 Å². The number of carbonyl (C=O) groups is 2. The molecule has 0 aliphatic rings. The molecule has 1 aromatic heterocycles. The average Bonchev–Trinajstić information content (AvgIpc) is 3.18. The number of urea groups is 1. The SMILES string of the molecule is CCC(C)NC(=O)c1ccc(NC(=O)Nc2cnn(-c3ccc(C)cc3)c2C(C)C)cc1. The summed E-state index contributed by atoms with van der Waals surface area (Å²) in [6, 6.07) is 14.7. The summed E-state index contributed by atoms with van der Waals surface area (Å²) in [4.78, 5) is 24.8. The van der Waals surface area contributed by atoms with Crippen LogP contribution in [0.25, 0.3) is 5.69 Å². The molecule has 0 saturated carbocycles. The number of rotatable bonds is 7. The Morgan fingerprint density at radius 2 is 1.62 bits per heavy atom. The molecule has 7 heteroatoms. The van der Waals surface area contributed by atoms with Crippen LogP contribution < -0.4 is 16.0 Å². The quantitative estimate of drug-likeness (QED) is 0.461. The molecule has 3 aromatic rings. The second kappa shape index (κ2) is 10.1. The van der Waals surface area contributed by atoms with Gasteiger partial charge in [-0.3, -0.25) is 4.79 Å². The van der Waals surface area contributed by atoms with Crippen molar-refractivity contribution in [1.29, 1.82) is 0 Å². The largest absolute Gasteiger partial charge is 0.350 e. The van der Waals surface area contributed by atoms with Crippen LogP contribution in [0.1, 0.15) is 61.6 Å². The zero-order chi connectivity index (χ0) is 23.3. The normalized spacial score (nSPS) is 11.8. The van der Waals surface area contributed by atoms with Crippen LogP contribution in [0.4, 0.5) is 16.2 Å². The Hall–Kier alpha value is -3.61. The lowest BCUT2D eigenvalue weighted by Crippen LogP contribution is -2.31. The van der Waals surface area contributed by atoms with E-state index < -0.39 is 0 Å². The standard InChI is InChI=1S/C25H31N5O2/c1-6-18(5)27-24(31)19-9-11-20(12-10-19)28-25(32)29-22-15-26-30(23(22)16(2)3)21-13-7-17(4)8-14-21/h7-16,18H,6H2,1-5H3,(H,27,31)(H2,28,29,32). The Kier molecular flexibility index (Phi) is 7.30. The molecule has 3 N–H and O–H groups in total. The van der Waals surface area contributed by atoms with Crippen LogP contribution in [0.5, 0.6) is 0 Å². The number of benzene rings is 2. The summed E-state index contributed by atoms with van der Waals surface area (Å²) < 4.78 is 1.85. The number of nitrogens with one attached hydrogen (secondary N) is 3. The Labute approximate surface area is 189 Å². The molecule has 1 unspecified atom stereocenters. The molecular weight excluding hydrogens is 402 g/mol. The van der Waals surface area contributed by atoms with Crippen LogP contribution >= 0.6 is 0 Å². The summed E-state index contributed by atoms with van der Waals surface area (Å²) >= 11 is 0. The van der Waals surface area contributed by atoms with Crippen LogP contribution in [0.3, 0.4) is 0 Å². The van der Waals surface area contributed by atoms with E-state index in [1.54, 1.807) is 30.5 Å². The van der Waals surface area contributed by atoms with Gasteiger partial charge < -0.3 is 16.0 Å². The maximum absolute atomic E-state index is 12.6. The number of aromatic nitrogens is 2. The second-order valence-electron chi connectivity index (χ2n) is 8.28. The molecule has 3 amide bonds. The Morgan fingerprint density at radius 3 is 2.22 bits per heavy atom. The fourth-order valence-electron chi connectivity index (χ4n) is 3.30. The molecule has 0 spiro atoms. The van der Waals surface area contributed by atoms with Gasteiger partial charge in [0.1, 0.15) is 0 Å². The molecule has 7 nitrogen and oxygen atoms in total. The van der Waals surface area contributed by atoms with E-state index in [0.717, 1.165) is 17.8 Å². The van der Waals surface area contributed by atoms with Crippen molar-refractivity contribution < 1.29 is 9.59 Å². The van der Waals surface area contributed by atoms with Gasteiger partial charge in [-0.15, -0.1) is 0 Å². The van der Waals surface area contributed by atoms with Crippen molar-refractivity contribution in [3.63, 3.8) is 0 Å². The van der Waals surface area contributed by atoms with Gasteiger partial charge in [0.25, 0.3) is 5.91 Å². The molecule has 0 saturated heterocycles. The monoisotopic (exact) mass is 433 g/mol. The average molecular weight is 434 g/mol. The van der Waals surface area contributed by atoms with Gasteiger partial charge in [0.15, 0.2) is 0 Å². The van der Waals surface area contributed by atoms with Crippen LogP contribution in [-0.2, 0) is 0 Å². The van der Waals surface area contributed by atoms with E-state index in [1.807, 2.05) is 49.7 Å². The lowest BCUT2D eigenvalue weighted by molar-refractivity contribution is 0.0939. The number of aryl methyl sites for hydroxylation is 1. The van der Waals surface area contributed by atoms with E-state index in [2.05, 4.69) is 34.9 Å². The van der Waals surface area contributed by atoms with Crippen molar-refractivity contribution in [2.24, 2.45) is 0 Å². The van der Waals surface area contributed by atoms with Crippen LogP contribution in [0, 0.1) is 6.92 Å². The molecule has 0 aliphatic carbocycles. The number of nitrogens with zero attached hydrogens (tertiary/aromatic N) is 2. The molecule has 2 aromatic carbocycles. The van der Waals surface area contributed by atoms with E-state index in [4.69, 9.17) is 0 Å². The van der Waals surface area contributed by atoms with Gasteiger partial charge in [0.05, 0.1) is 23.3 Å². The van der Waals surface area contributed by atoms with Crippen molar-refractivity contribution in [3.05, 3.63) is 71.5 Å². The second-order valence-corrected chi connectivity index (χ2v) is 8.28. The Balaban J connectivity index is 1.70. The third kappa shape index (κ3) is 5.55. The lowest BCUT2D eigenvalue weighted by atomic mass is 10.1. The Bertz CT molecular complexity index is 1070. The molecule has 0 radical (unpaired) electrons. The Morgan fingerprint density at radius 1 is 0.969 bits per heavy atom. The van der Waals surface area contributed by atoms with Gasteiger partial charge in [0, 0.05) is 17.3 Å². The minimum Gasteiger partial charge on any atom is -0.350 e. The maximum Gasteiger partial charge on any atom is 0.323 e. The van der Waals surface area contributed by atoms with E-state index in [1.165, 1.54) is 5.56 Å². The number of hydrogen-bond donors (Lipinski definition) is 3. The summed E-state index contributed by atoms with van der Waals surface area (Å²) in [6.45, 7) is 10.1. The minimum absolute atomic E-state index is 0.113. The highest BCUT2D eigenvalue weighted by molar-refractivity contribution is 6.01. The van der Waals surface area contributed by atoms with Crippen molar-refractivity contribution in [2.45, 2.75) is 53.0 Å². The molecule has 1 heterocycles. The van der Waals surface area contributed by atoms with Crippen LogP contribution in [0.2, 0.25) is 0 Å². The highest BCUT2D eigenvalue weighted by atomic mass is 16.2. The summed E-state index contributed by atoms with van der Waals surface area (Å²) in [6.07, 6.45) is 2.53. The third-order valence-corrected chi connectivity index (χ3v) is 5.27. The van der Waals surface area contributed by atoms with Crippen LogP contribution in [-0.4, -0.2) is 27.8 Å². The molecular formula is C25H31N5O2. The number of amides is 3. The summed E-state index contributed by atoms with van der Waals surface area (Å²) in [5, 5.41) is 13.1. The zero-order valence-electron chi connectivity index (χ0n) is 19.3. The van der Waals surface area contributed by atoms with Gasteiger partial charge in [-0.25, -0.2) is 9.48 Å². The van der Waals surface area contributed by atoms with E-state index in [0.29, 0.717) is 16.9 Å². The minimum atomic E-state index is -0.368. The molecule has 1 atom stereocenters. The van der Waals surface area contributed by atoms with Crippen LogP contribution in [0.15, 0.2) is 54.7 Å². The number of hydrogen-bond acceptors (Lipinski definition) is 3. The number of carbonyl (C=O) groups excluding carboxylic acids is 2. The highest BCUT2D eigenvalue weighted by Gasteiger charge is 2.18. The maximum atomic E-state index is 12.6. The fourth-order valence-corrected chi connectivity index (χ4v) is 3.30. The lowest BCUT2D eigenvalue weighted by Gasteiger charge is -2.14. The first-order valence-corrected chi connectivity index (χ1v) is 10.9. The predicted molar refractivity (Wildman–Crippen MR) is 129 cm³/mol.